The van der Waals surface area contributed by atoms with Crippen LogP contribution in [0.4, 0.5) is 11.5 Å². The molecule has 41 heavy (non-hydrogen) atoms. The van der Waals surface area contributed by atoms with E-state index >= 15 is 0 Å². The first kappa shape index (κ1) is 25.6. The average Bonchev–Trinajstić information content (AvgIpc) is 3.29. The Kier molecular flexibility index (Phi) is 6.17. The maximum absolute atomic E-state index is 6.02. The summed E-state index contributed by atoms with van der Waals surface area (Å²) >= 11 is 0. The maximum atomic E-state index is 6.02. The van der Waals surface area contributed by atoms with Gasteiger partial charge in [-0.05, 0) is 75.9 Å². The highest BCUT2D eigenvalue weighted by Crippen LogP contribution is 2.45. The van der Waals surface area contributed by atoms with Crippen LogP contribution in [0.3, 0.4) is 0 Å². The molecule has 1 aliphatic heterocycles. The summed E-state index contributed by atoms with van der Waals surface area (Å²) < 4.78 is 8.21. The first-order valence-corrected chi connectivity index (χ1v) is 14.1. The molecule has 0 amide bonds. The third-order valence-corrected chi connectivity index (χ3v) is 7.94. The number of para-hydroxylation sites is 1. The Balaban J connectivity index is 1.38. The van der Waals surface area contributed by atoms with E-state index in [1.807, 2.05) is 24.3 Å². The van der Waals surface area contributed by atoms with Crippen molar-refractivity contribution in [2.45, 2.75) is 51.2 Å². The summed E-state index contributed by atoms with van der Waals surface area (Å²) in [6.07, 6.45) is 8.71. The predicted molar refractivity (Wildman–Crippen MR) is 161 cm³/mol. The van der Waals surface area contributed by atoms with Gasteiger partial charge in [-0.3, -0.25) is 9.88 Å². The van der Waals surface area contributed by atoms with E-state index in [2.05, 4.69) is 88.4 Å². The number of pyridine rings is 1. The first-order chi connectivity index (χ1) is 19.9. The fraction of sp³-hybridized carbons (Fsp3) is 0.273. The highest BCUT2D eigenvalue weighted by molar-refractivity contribution is 5.89. The van der Waals surface area contributed by atoms with Gasteiger partial charge in [-0.1, -0.05) is 36.4 Å². The lowest BCUT2D eigenvalue weighted by Gasteiger charge is -2.44. The van der Waals surface area contributed by atoms with Crippen LogP contribution in [0.5, 0.6) is 0 Å². The second kappa shape index (κ2) is 9.90. The Bertz CT molecular complexity index is 1700. The van der Waals surface area contributed by atoms with Crippen LogP contribution >= 0.6 is 0 Å². The van der Waals surface area contributed by atoms with Gasteiger partial charge in [0.15, 0.2) is 11.6 Å². The number of hydrogen-bond donors (Lipinski definition) is 2. The summed E-state index contributed by atoms with van der Waals surface area (Å²) in [7, 11) is 0. The Morgan fingerprint density at radius 2 is 1.66 bits per heavy atom. The van der Waals surface area contributed by atoms with E-state index in [1.54, 1.807) is 18.6 Å². The van der Waals surface area contributed by atoms with Gasteiger partial charge in [0, 0.05) is 35.3 Å². The summed E-state index contributed by atoms with van der Waals surface area (Å²) in [5.41, 5.74) is 6.57. The fourth-order valence-electron chi connectivity index (χ4n) is 5.70. The van der Waals surface area contributed by atoms with E-state index in [4.69, 9.17) is 14.7 Å². The van der Waals surface area contributed by atoms with Crippen molar-refractivity contribution in [2.75, 3.05) is 12.0 Å². The molecule has 1 saturated carbocycles. The van der Waals surface area contributed by atoms with Crippen molar-refractivity contribution in [3.05, 3.63) is 90.9 Å². The topological polar surface area (TPSA) is 89.8 Å². The lowest BCUT2D eigenvalue weighted by atomic mass is 9.72. The molecule has 5 aromatic rings. The smallest absolute Gasteiger partial charge is 0.180 e. The van der Waals surface area contributed by atoms with Gasteiger partial charge in [0.1, 0.15) is 11.5 Å². The van der Waals surface area contributed by atoms with Gasteiger partial charge in [0.25, 0.3) is 0 Å². The summed E-state index contributed by atoms with van der Waals surface area (Å²) in [5, 5.41) is 7.23. The number of nitrogens with zero attached hydrogens (tertiary/aromatic N) is 5. The molecule has 7 rings (SSSR count). The van der Waals surface area contributed by atoms with Crippen molar-refractivity contribution in [1.82, 2.24) is 29.8 Å². The SMILES string of the molecule is CC(C)(C)OCNC1(c2ccc(-c3c(-c4ncccn4)nc4n3-c3cccnc3Nc3ccccc3-4)cc2)CCC1. The number of anilines is 2. The molecule has 0 spiro atoms. The van der Waals surface area contributed by atoms with E-state index in [1.165, 1.54) is 12.0 Å². The van der Waals surface area contributed by atoms with Crippen molar-refractivity contribution in [3.8, 4) is 39.9 Å². The number of fused-ring (bicyclic) bond motifs is 5. The van der Waals surface area contributed by atoms with Crippen LogP contribution in [0.15, 0.2) is 85.3 Å². The molecule has 3 aromatic heterocycles. The van der Waals surface area contributed by atoms with Gasteiger partial charge in [0.2, 0.25) is 0 Å². The minimum Gasteiger partial charge on any atom is -0.361 e. The van der Waals surface area contributed by atoms with Crippen LogP contribution < -0.4 is 10.6 Å². The van der Waals surface area contributed by atoms with Crippen LogP contribution in [-0.4, -0.2) is 36.8 Å². The van der Waals surface area contributed by atoms with Crippen LogP contribution in [0.25, 0.3) is 39.9 Å². The molecule has 0 atom stereocenters. The zero-order valence-corrected chi connectivity index (χ0v) is 23.6. The van der Waals surface area contributed by atoms with Crippen molar-refractivity contribution >= 4 is 11.5 Å². The molecule has 2 aromatic carbocycles. The summed E-state index contributed by atoms with van der Waals surface area (Å²) in [6, 6.07) is 22.9. The first-order valence-electron chi connectivity index (χ1n) is 14.1. The fourth-order valence-corrected chi connectivity index (χ4v) is 5.70. The second-order valence-corrected chi connectivity index (χ2v) is 11.7. The zero-order chi connectivity index (χ0) is 28.0. The molecule has 8 nitrogen and oxygen atoms in total. The highest BCUT2D eigenvalue weighted by Gasteiger charge is 2.38. The largest absolute Gasteiger partial charge is 0.361 e. The van der Waals surface area contributed by atoms with E-state index < -0.39 is 0 Å². The van der Waals surface area contributed by atoms with Crippen LogP contribution in [0, 0.1) is 0 Å². The third kappa shape index (κ3) is 4.59. The van der Waals surface area contributed by atoms with Crippen LogP contribution in [-0.2, 0) is 10.3 Å². The summed E-state index contributed by atoms with van der Waals surface area (Å²) in [6.45, 7) is 6.77. The number of nitrogens with one attached hydrogen (secondary N) is 2. The molecule has 0 unspecified atom stereocenters. The zero-order valence-electron chi connectivity index (χ0n) is 23.6. The molecule has 8 heteroatoms. The number of rotatable bonds is 6. The molecule has 206 valence electrons. The normalized spacial score (nSPS) is 15.1. The third-order valence-electron chi connectivity index (χ3n) is 7.94. The number of aromatic nitrogens is 5. The van der Waals surface area contributed by atoms with Gasteiger partial charge in [-0.15, -0.1) is 0 Å². The Hall–Kier alpha value is -4.40. The number of imidazole rings is 1. The van der Waals surface area contributed by atoms with Gasteiger partial charge in [-0.2, -0.15) is 0 Å². The lowest BCUT2D eigenvalue weighted by Crippen LogP contribution is -2.49. The Morgan fingerprint density at radius 3 is 2.39 bits per heavy atom. The van der Waals surface area contributed by atoms with E-state index in [-0.39, 0.29) is 11.1 Å². The van der Waals surface area contributed by atoms with Crippen LogP contribution in [0.1, 0.15) is 45.6 Å². The predicted octanol–water partition coefficient (Wildman–Crippen LogP) is 6.86. The monoisotopic (exact) mass is 543 g/mol. The second-order valence-electron chi connectivity index (χ2n) is 11.7. The average molecular weight is 544 g/mol. The highest BCUT2D eigenvalue weighted by atomic mass is 16.5. The molecule has 4 heterocycles. The van der Waals surface area contributed by atoms with Gasteiger partial charge in [-0.25, -0.2) is 19.9 Å². The van der Waals surface area contributed by atoms with Crippen LogP contribution in [0.2, 0.25) is 0 Å². The molecule has 2 aliphatic rings. The Labute approximate surface area is 239 Å². The molecule has 2 N–H and O–H groups in total. The van der Waals surface area contributed by atoms with Crippen molar-refractivity contribution in [2.24, 2.45) is 0 Å². The summed E-state index contributed by atoms with van der Waals surface area (Å²) in [4.78, 5) is 19.1. The number of ether oxygens (including phenoxy) is 1. The van der Waals surface area contributed by atoms with Crippen molar-refractivity contribution in [1.29, 1.82) is 0 Å². The molecule has 0 bridgehead atoms. The molecule has 0 radical (unpaired) electrons. The Morgan fingerprint density at radius 1 is 0.902 bits per heavy atom. The van der Waals surface area contributed by atoms with Gasteiger partial charge >= 0.3 is 0 Å². The van der Waals surface area contributed by atoms with E-state index in [0.29, 0.717) is 12.6 Å². The summed E-state index contributed by atoms with van der Waals surface area (Å²) in [5.74, 6) is 2.17. The van der Waals surface area contributed by atoms with Crippen molar-refractivity contribution in [3.63, 3.8) is 0 Å². The minimum atomic E-state index is -0.184. The molecular formula is C33H33N7O. The van der Waals surface area contributed by atoms with E-state index in [9.17, 15) is 0 Å². The van der Waals surface area contributed by atoms with Gasteiger partial charge in [0.05, 0.1) is 29.4 Å². The standard InChI is InChI=1S/C33H33N7O/c1-32(2,3)41-21-37-33(16-7-17-33)23-14-12-22(13-15-23)28-27(30-35-19-8-20-36-30)39-31-24-9-4-5-10-25(24)38-29-26(40(28)31)11-6-18-34-29/h4-6,8-15,18-20,37H,7,16-17,21H2,1-3H3,(H,34,38). The molecular weight excluding hydrogens is 510 g/mol. The van der Waals surface area contributed by atoms with Crippen molar-refractivity contribution < 1.29 is 4.74 Å². The molecule has 0 saturated heterocycles. The minimum absolute atomic E-state index is 0.0666. The van der Waals surface area contributed by atoms with E-state index in [0.717, 1.165) is 58.4 Å². The van der Waals surface area contributed by atoms with Gasteiger partial charge < -0.3 is 10.1 Å². The lowest BCUT2D eigenvalue weighted by molar-refractivity contribution is -0.0344. The quantitative estimate of drug-likeness (QED) is 0.222. The number of hydrogen-bond acceptors (Lipinski definition) is 7. The molecule has 1 aliphatic carbocycles. The number of benzene rings is 2. The molecule has 1 fully saturated rings. The maximum Gasteiger partial charge on any atom is 0.180 e.